The summed E-state index contributed by atoms with van der Waals surface area (Å²) in [5.74, 6) is 0. The molecule has 0 amide bonds. The molecule has 1 N–H and O–H groups in total. The first-order valence-electron chi connectivity index (χ1n) is 5.29. The van der Waals surface area contributed by atoms with Crippen molar-refractivity contribution in [2.24, 2.45) is 0 Å². The molecule has 0 aliphatic carbocycles. The molecule has 2 nitrogen and oxygen atoms in total. The second-order valence-electron chi connectivity index (χ2n) is 4.00. The van der Waals surface area contributed by atoms with Crippen molar-refractivity contribution >= 4 is 11.3 Å². The van der Waals surface area contributed by atoms with E-state index in [4.69, 9.17) is 0 Å². The first-order chi connectivity index (χ1) is 7.68. The van der Waals surface area contributed by atoms with Crippen molar-refractivity contribution < 1.29 is 5.11 Å². The van der Waals surface area contributed by atoms with Gasteiger partial charge < -0.3 is 5.11 Å². The molecule has 16 heavy (non-hydrogen) atoms. The Kier molecular flexibility index (Phi) is 3.36. The van der Waals surface area contributed by atoms with E-state index in [-0.39, 0.29) is 0 Å². The van der Waals surface area contributed by atoms with Gasteiger partial charge in [0.15, 0.2) is 0 Å². The summed E-state index contributed by atoms with van der Waals surface area (Å²) in [5.41, 5.74) is 6.21. The average Bonchev–Trinajstić information content (AvgIpc) is 2.76. The number of aliphatic hydroxyl groups excluding tert-OH is 1. The zero-order valence-corrected chi connectivity index (χ0v) is 10.3. The van der Waals surface area contributed by atoms with Gasteiger partial charge >= 0.3 is 0 Å². The van der Waals surface area contributed by atoms with Crippen molar-refractivity contribution in [3.05, 3.63) is 51.5 Å². The van der Waals surface area contributed by atoms with Crippen molar-refractivity contribution in [2.75, 3.05) is 0 Å². The highest BCUT2D eigenvalue weighted by Gasteiger charge is 2.13. The van der Waals surface area contributed by atoms with Crippen molar-refractivity contribution in [3.63, 3.8) is 0 Å². The fourth-order valence-corrected chi connectivity index (χ4v) is 2.46. The Labute approximate surface area is 99.6 Å². The fraction of sp³-hybridized carbons (Fsp3) is 0.308. The maximum absolute atomic E-state index is 10.1. The lowest BCUT2D eigenvalue weighted by Gasteiger charge is -2.13. The van der Waals surface area contributed by atoms with Gasteiger partial charge in [0.2, 0.25) is 0 Å². The summed E-state index contributed by atoms with van der Waals surface area (Å²) in [5, 5.41) is 12.0. The molecule has 0 saturated carbocycles. The van der Waals surface area contributed by atoms with Crippen LogP contribution >= 0.6 is 11.3 Å². The third-order valence-electron chi connectivity index (χ3n) is 2.83. The maximum Gasteiger partial charge on any atom is 0.101 e. The molecule has 0 radical (unpaired) electrons. The highest BCUT2D eigenvalue weighted by Crippen LogP contribution is 2.22. The summed E-state index contributed by atoms with van der Waals surface area (Å²) in [4.78, 5) is 4.14. The van der Waals surface area contributed by atoms with Gasteiger partial charge in [-0.05, 0) is 30.5 Å². The molecule has 1 heterocycles. The van der Waals surface area contributed by atoms with E-state index in [1.807, 2.05) is 11.4 Å². The van der Waals surface area contributed by atoms with Gasteiger partial charge in [-0.2, -0.15) is 0 Å². The van der Waals surface area contributed by atoms with Gasteiger partial charge in [-0.25, -0.2) is 4.98 Å². The third-order valence-corrected chi connectivity index (χ3v) is 3.44. The monoisotopic (exact) mass is 233 g/mol. The lowest BCUT2D eigenvalue weighted by atomic mass is 9.97. The topological polar surface area (TPSA) is 33.1 Å². The standard InChI is InChI=1S/C13H15NOS/c1-9-4-3-5-10(2)11(9)6-13(15)12-7-16-8-14-12/h3-5,7-8,13,15H,6H2,1-2H3. The van der Waals surface area contributed by atoms with E-state index < -0.39 is 6.10 Å². The van der Waals surface area contributed by atoms with Crippen molar-refractivity contribution in [1.29, 1.82) is 0 Å². The van der Waals surface area contributed by atoms with Crippen LogP contribution in [0.2, 0.25) is 0 Å². The van der Waals surface area contributed by atoms with E-state index in [1.165, 1.54) is 28.0 Å². The Morgan fingerprint density at radius 3 is 2.56 bits per heavy atom. The minimum atomic E-state index is -0.494. The molecular formula is C13H15NOS. The number of benzene rings is 1. The second-order valence-corrected chi connectivity index (χ2v) is 4.72. The van der Waals surface area contributed by atoms with Gasteiger partial charge in [0.05, 0.1) is 11.2 Å². The van der Waals surface area contributed by atoms with Gasteiger partial charge in [-0.3, -0.25) is 0 Å². The predicted octanol–water partition coefficient (Wildman–Crippen LogP) is 3.04. The smallest absolute Gasteiger partial charge is 0.101 e. The summed E-state index contributed by atoms with van der Waals surface area (Å²) in [6, 6.07) is 6.20. The molecule has 2 rings (SSSR count). The van der Waals surface area contributed by atoms with Crippen LogP contribution in [0.25, 0.3) is 0 Å². The normalized spacial score (nSPS) is 12.7. The van der Waals surface area contributed by atoms with E-state index >= 15 is 0 Å². The first kappa shape index (κ1) is 11.3. The third kappa shape index (κ3) is 2.31. The molecule has 2 aromatic rings. The molecule has 0 aliphatic heterocycles. The molecule has 0 saturated heterocycles. The van der Waals surface area contributed by atoms with Crippen LogP contribution in [0.15, 0.2) is 29.1 Å². The average molecular weight is 233 g/mol. The minimum absolute atomic E-state index is 0.494. The van der Waals surface area contributed by atoms with Gasteiger partial charge in [0, 0.05) is 11.8 Å². The lowest BCUT2D eigenvalue weighted by Crippen LogP contribution is -2.05. The first-order valence-corrected chi connectivity index (χ1v) is 6.24. The van der Waals surface area contributed by atoms with Crippen LogP contribution < -0.4 is 0 Å². The van der Waals surface area contributed by atoms with Crippen LogP contribution in [-0.2, 0) is 6.42 Å². The molecule has 84 valence electrons. The van der Waals surface area contributed by atoms with E-state index in [1.54, 1.807) is 5.51 Å². The zero-order valence-electron chi connectivity index (χ0n) is 9.47. The van der Waals surface area contributed by atoms with E-state index in [2.05, 4.69) is 31.0 Å². The van der Waals surface area contributed by atoms with E-state index in [0.29, 0.717) is 6.42 Å². The molecule has 1 aromatic carbocycles. The molecule has 3 heteroatoms. The lowest BCUT2D eigenvalue weighted by molar-refractivity contribution is 0.174. The van der Waals surface area contributed by atoms with Gasteiger partial charge in [0.25, 0.3) is 0 Å². The summed E-state index contributed by atoms with van der Waals surface area (Å²) in [7, 11) is 0. The molecule has 0 spiro atoms. The Bertz CT molecular complexity index is 445. The van der Waals surface area contributed by atoms with Crippen molar-refractivity contribution in [1.82, 2.24) is 4.98 Å². The van der Waals surface area contributed by atoms with Crippen molar-refractivity contribution in [2.45, 2.75) is 26.4 Å². The predicted molar refractivity (Wildman–Crippen MR) is 66.7 cm³/mol. The van der Waals surface area contributed by atoms with Crippen LogP contribution in [0, 0.1) is 13.8 Å². The molecule has 1 atom stereocenters. The molecular weight excluding hydrogens is 218 g/mol. The maximum atomic E-state index is 10.1. The number of aromatic nitrogens is 1. The summed E-state index contributed by atoms with van der Waals surface area (Å²) < 4.78 is 0. The number of thiazole rings is 1. The fourth-order valence-electron chi connectivity index (χ4n) is 1.86. The number of hydrogen-bond acceptors (Lipinski definition) is 3. The number of rotatable bonds is 3. The van der Waals surface area contributed by atoms with Gasteiger partial charge in [-0.1, -0.05) is 18.2 Å². The Balaban J connectivity index is 2.21. The molecule has 0 bridgehead atoms. The van der Waals surface area contributed by atoms with Crippen LogP contribution in [0.4, 0.5) is 0 Å². The molecule has 1 aromatic heterocycles. The van der Waals surface area contributed by atoms with Crippen LogP contribution in [0.1, 0.15) is 28.5 Å². The van der Waals surface area contributed by atoms with Crippen LogP contribution in [0.5, 0.6) is 0 Å². The summed E-state index contributed by atoms with van der Waals surface area (Å²) >= 11 is 1.52. The van der Waals surface area contributed by atoms with Gasteiger partial charge in [0.1, 0.15) is 6.10 Å². The summed E-state index contributed by atoms with van der Waals surface area (Å²) in [6.07, 6.45) is 0.147. The highest BCUT2D eigenvalue weighted by molar-refractivity contribution is 7.07. The molecule has 0 aliphatic rings. The minimum Gasteiger partial charge on any atom is -0.386 e. The van der Waals surface area contributed by atoms with E-state index in [0.717, 1.165) is 5.69 Å². The molecule has 0 fully saturated rings. The number of hydrogen-bond donors (Lipinski definition) is 1. The summed E-state index contributed by atoms with van der Waals surface area (Å²) in [6.45, 7) is 4.16. The number of aliphatic hydroxyl groups is 1. The van der Waals surface area contributed by atoms with Crippen LogP contribution in [0.3, 0.4) is 0 Å². The Morgan fingerprint density at radius 2 is 2.00 bits per heavy atom. The second kappa shape index (κ2) is 4.76. The largest absolute Gasteiger partial charge is 0.386 e. The Hall–Kier alpha value is -1.19. The van der Waals surface area contributed by atoms with E-state index in [9.17, 15) is 5.11 Å². The number of aryl methyl sites for hydroxylation is 2. The number of nitrogens with zero attached hydrogens (tertiary/aromatic N) is 1. The highest BCUT2D eigenvalue weighted by atomic mass is 32.1. The zero-order chi connectivity index (χ0) is 11.5. The van der Waals surface area contributed by atoms with Gasteiger partial charge in [-0.15, -0.1) is 11.3 Å². The molecule has 1 unspecified atom stereocenters. The SMILES string of the molecule is Cc1cccc(C)c1CC(O)c1cscn1. The Morgan fingerprint density at radius 1 is 1.31 bits per heavy atom. The van der Waals surface area contributed by atoms with Crippen molar-refractivity contribution in [3.8, 4) is 0 Å². The van der Waals surface area contributed by atoms with Crippen LogP contribution in [-0.4, -0.2) is 10.1 Å². The quantitative estimate of drug-likeness (QED) is 0.884.